The molecule has 2 heterocycles. The third-order valence-electron chi connectivity index (χ3n) is 2.65. The number of amides is 1. The van der Waals surface area contributed by atoms with Crippen molar-refractivity contribution in [1.82, 2.24) is 4.98 Å². The van der Waals surface area contributed by atoms with E-state index in [1.54, 1.807) is 13.0 Å². The standard InChI is InChI=1S/C14H14N2O4S/c1-3-20-14(19)9-6-8(2)21-13(9)16-12(18)10-7-15-5-4-11(10)17/h4-7H,3H2,1-2H3,(H,15,17)(H,16,18). The first-order valence-corrected chi connectivity index (χ1v) is 7.10. The molecule has 0 aliphatic rings. The molecule has 21 heavy (non-hydrogen) atoms. The summed E-state index contributed by atoms with van der Waals surface area (Å²) in [6.07, 6.45) is 2.76. The van der Waals surface area contributed by atoms with E-state index >= 15 is 0 Å². The lowest BCUT2D eigenvalue weighted by Crippen LogP contribution is -2.21. The maximum absolute atomic E-state index is 12.1. The summed E-state index contributed by atoms with van der Waals surface area (Å²) >= 11 is 1.25. The molecule has 0 atom stereocenters. The fourth-order valence-corrected chi connectivity index (χ4v) is 2.63. The summed E-state index contributed by atoms with van der Waals surface area (Å²) in [5.74, 6) is -1.07. The van der Waals surface area contributed by atoms with Crippen LogP contribution in [0.25, 0.3) is 0 Å². The van der Waals surface area contributed by atoms with Crippen molar-refractivity contribution in [2.24, 2.45) is 0 Å². The number of aryl methyl sites for hydroxylation is 1. The largest absolute Gasteiger partial charge is 0.462 e. The van der Waals surface area contributed by atoms with Gasteiger partial charge >= 0.3 is 5.97 Å². The summed E-state index contributed by atoms with van der Waals surface area (Å²) in [6, 6.07) is 2.91. The first-order chi connectivity index (χ1) is 10.0. The van der Waals surface area contributed by atoms with Crippen molar-refractivity contribution >= 4 is 28.2 Å². The van der Waals surface area contributed by atoms with E-state index in [0.29, 0.717) is 10.6 Å². The van der Waals surface area contributed by atoms with Gasteiger partial charge in [0.15, 0.2) is 5.43 Å². The molecule has 7 heteroatoms. The van der Waals surface area contributed by atoms with Crippen LogP contribution in [0.5, 0.6) is 0 Å². The Morgan fingerprint density at radius 3 is 2.81 bits per heavy atom. The summed E-state index contributed by atoms with van der Waals surface area (Å²) < 4.78 is 4.94. The maximum Gasteiger partial charge on any atom is 0.341 e. The van der Waals surface area contributed by atoms with Crippen molar-refractivity contribution in [3.8, 4) is 0 Å². The van der Waals surface area contributed by atoms with Gasteiger partial charge in [0.25, 0.3) is 5.91 Å². The molecule has 0 bridgehead atoms. The van der Waals surface area contributed by atoms with E-state index in [1.165, 1.54) is 29.8 Å². The van der Waals surface area contributed by atoms with E-state index in [0.717, 1.165) is 4.88 Å². The quantitative estimate of drug-likeness (QED) is 0.847. The monoisotopic (exact) mass is 306 g/mol. The van der Waals surface area contributed by atoms with Crippen LogP contribution in [-0.2, 0) is 4.74 Å². The molecule has 0 saturated carbocycles. The lowest BCUT2D eigenvalue weighted by Gasteiger charge is -2.05. The molecule has 0 aliphatic carbocycles. The molecule has 2 rings (SSSR count). The molecule has 2 N–H and O–H groups in total. The number of thiophene rings is 1. The van der Waals surface area contributed by atoms with E-state index in [-0.39, 0.29) is 12.2 Å². The SMILES string of the molecule is CCOC(=O)c1cc(C)sc1NC(=O)c1c[nH]ccc1=O. The molecule has 0 aromatic carbocycles. The molecule has 1 amide bonds. The number of aromatic nitrogens is 1. The number of esters is 1. The molecule has 0 fully saturated rings. The van der Waals surface area contributed by atoms with Gasteiger partial charge in [-0.25, -0.2) is 4.79 Å². The fourth-order valence-electron chi connectivity index (χ4n) is 1.73. The summed E-state index contributed by atoms with van der Waals surface area (Å²) in [4.78, 5) is 39.1. The van der Waals surface area contributed by atoms with Crippen molar-refractivity contribution in [2.45, 2.75) is 13.8 Å². The molecule has 0 radical (unpaired) electrons. The number of anilines is 1. The number of pyridine rings is 1. The normalized spacial score (nSPS) is 10.2. The average Bonchev–Trinajstić information content (AvgIpc) is 2.80. The van der Waals surface area contributed by atoms with Gasteiger partial charge in [0, 0.05) is 23.3 Å². The molecule has 0 aliphatic heterocycles. The second kappa shape index (κ2) is 6.36. The molecule has 2 aromatic heterocycles. The highest BCUT2D eigenvalue weighted by Crippen LogP contribution is 2.28. The highest BCUT2D eigenvalue weighted by atomic mass is 32.1. The number of nitrogens with one attached hydrogen (secondary N) is 2. The highest BCUT2D eigenvalue weighted by molar-refractivity contribution is 7.16. The van der Waals surface area contributed by atoms with Crippen molar-refractivity contribution in [3.05, 3.63) is 50.8 Å². The first kappa shape index (κ1) is 15.0. The summed E-state index contributed by atoms with van der Waals surface area (Å²) in [7, 11) is 0. The second-order valence-corrected chi connectivity index (χ2v) is 5.45. The van der Waals surface area contributed by atoms with Crippen LogP contribution in [0.3, 0.4) is 0 Å². The molecule has 0 saturated heterocycles. The van der Waals surface area contributed by atoms with E-state index in [2.05, 4.69) is 10.3 Å². The zero-order chi connectivity index (χ0) is 15.4. The summed E-state index contributed by atoms with van der Waals surface area (Å²) in [6.45, 7) is 3.77. The lowest BCUT2D eigenvalue weighted by molar-refractivity contribution is 0.0528. The Hall–Kier alpha value is -2.41. The van der Waals surface area contributed by atoms with Gasteiger partial charge in [-0.1, -0.05) is 0 Å². The third kappa shape index (κ3) is 3.38. The number of ether oxygens (including phenoxy) is 1. The van der Waals surface area contributed by atoms with Gasteiger partial charge in [-0.3, -0.25) is 9.59 Å². The van der Waals surface area contributed by atoms with E-state index in [9.17, 15) is 14.4 Å². The topological polar surface area (TPSA) is 88.3 Å². The highest BCUT2D eigenvalue weighted by Gasteiger charge is 2.19. The Kier molecular flexibility index (Phi) is 4.54. The van der Waals surface area contributed by atoms with E-state index in [4.69, 9.17) is 4.74 Å². The molecule has 2 aromatic rings. The molecule has 110 valence electrons. The smallest absolute Gasteiger partial charge is 0.341 e. The van der Waals surface area contributed by atoms with E-state index < -0.39 is 17.3 Å². The number of carbonyl (C=O) groups excluding carboxylic acids is 2. The minimum atomic E-state index is -0.566. The Morgan fingerprint density at radius 1 is 1.38 bits per heavy atom. The Balaban J connectivity index is 2.28. The molecular weight excluding hydrogens is 292 g/mol. The van der Waals surface area contributed by atoms with Crippen molar-refractivity contribution < 1.29 is 14.3 Å². The molecular formula is C14H14N2O4S. The first-order valence-electron chi connectivity index (χ1n) is 6.29. The zero-order valence-corrected chi connectivity index (χ0v) is 12.4. The maximum atomic E-state index is 12.1. The van der Waals surface area contributed by atoms with Gasteiger partial charge in [-0.15, -0.1) is 11.3 Å². The van der Waals surface area contributed by atoms with Crippen molar-refractivity contribution in [1.29, 1.82) is 0 Å². The number of carbonyl (C=O) groups is 2. The zero-order valence-electron chi connectivity index (χ0n) is 11.6. The van der Waals surface area contributed by atoms with Crippen LogP contribution in [0.1, 0.15) is 32.5 Å². The Bertz CT molecular complexity index is 733. The molecule has 6 nitrogen and oxygen atoms in total. The third-order valence-corrected chi connectivity index (χ3v) is 3.61. The predicted molar refractivity (Wildman–Crippen MR) is 80.0 cm³/mol. The Morgan fingerprint density at radius 2 is 2.14 bits per heavy atom. The van der Waals surface area contributed by atoms with Crippen LogP contribution in [0, 0.1) is 6.92 Å². The number of rotatable bonds is 4. The number of H-pyrrole nitrogens is 1. The van der Waals surface area contributed by atoms with Gasteiger partial charge in [0.05, 0.1) is 12.2 Å². The number of hydrogen-bond donors (Lipinski definition) is 2. The van der Waals surface area contributed by atoms with Crippen LogP contribution in [0.15, 0.2) is 29.3 Å². The van der Waals surface area contributed by atoms with Crippen molar-refractivity contribution in [3.63, 3.8) is 0 Å². The lowest BCUT2D eigenvalue weighted by atomic mass is 10.2. The fraction of sp³-hybridized carbons (Fsp3) is 0.214. The molecule has 0 unspecified atom stereocenters. The minimum Gasteiger partial charge on any atom is -0.462 e. The second-order valence-electron chi connectivity index (χ2n) is 4.20. The summed E-state index contributed by atoms with van der Waals surface area (Å²) in [5.41, 5.74) is -0.115. The van der Waals surface area contributed by atoms with Gasteiger partial charge in [0.2, 0.25) is 0 Å². The van der Waals surface area contributed by atoms with Gasteiger partial charge in [-0.05, 0) is 19.9 Å². The number of aromatic amines is 1. The summed E-state index contributed by atoms with van der Waals surface area (Å²) in [5, 5.41) is 2.96. The van der Waals surface area contributed by atoms with E-state index in [1.807, 2.05) is 6.92 Å². The predicted octanol–water partition coefficient (Wildman–Crippen LogP) is 2.17. The van der Waals surface area contributed by atoms with Crippen LogP contribution in [-0.4, -0.2) is 23.5 Å². The van der Waals surface area contributed by atoms with Crippen LogP contribution < -0.4 is 10.7 Å². The van der Waals surface area contributed by atoms with Crippen LogP contribution >= 0.6 is 11.3 Å². The minimum absolute atomic E-state index is 0.0154. The van der Waals surface area contributed by atoms with Gasteiger partial charge in [0.1, 0.15) is 10.6 Å². The van der Waals surface area contributed by atoms with Crippen molar-refractivity contribution in [2.75, 3.05) is 11.9 Å². The van der Waals surface area contributed by atoms with Crippen LogP contribution in [0.2, 0.25) is 0 Å². The average molecular weight is 306 g/mol. The van der Waals surface area contributed by atoms with Gasteiger partial charge in [-0.2, -0.15) is 0 Å². The number of hydrogen-bond acceptors (Lipinski definition) is 5. The van der Waals surface area contributed by atoms with Gasteiger partial charge < -0.3 is 15.0 Å². The molecule has 0 spiro atoms. The Labute approximate surface area is 124 Å². The van der Waals surface area contributed by atoms with Crippen LogP contribution in [0.4, 0.5) is 5.00 Å².